The average Bonchev–Trinajstić information content (AvgIpc) is 2.20. The second-order valence-electron chi connectivity index (χ2n) is 4.02. The van der Waals surface area contributed by atoms with Crippen molar-refractivity contribution in [2.45, 2.75) is 31.7 Å². The number of anilines is 1. The van der Waals surface area contributed by atoms with Crippen LogP contribution in [0, 0.1) is 0 Å². The molecule has 5 heteroatoms. The molecule has 4 N–H and O–H groups in total. The van der Waals surface area contributed by atoms with Crippen LogP contribution in [0.2, 0.25) is 0 Å². The number of nitrogens with two attached hydrogens (primary N) is 1. The molecule has 0 saturated heterocycles. The smallest absolute Gasteiger partial charge is 0.145 e. The van der Waals surface area contributed by atoms with Crippen molar-refractivity contribution in [3.63, 3.8) is 0 Å². The van der Waals surface area contributed by atoms with E-state index in [0.29, 0.717) is 5.69 Å². The number of aliphatic hydroxyl groups excluding tert-OH is 2. The van der Waals surface area contributed by atoms with E-state index in [4.69, 9.17) is 5.73 Å². The molecule has 0 aliphatic carbocycles. The van der Waals surface area contributed by atoms with Gasteiger partial charge in [0.15, 0.2) is 0 Å². The summed E-state index contributed by atoms with van der Waals surface area (Å²) in [5, 5.41) is 19.0. The van der Waals surface area contributed by atoms with Gasteiger partial charge in [-0.1, -0.05) is 12.1 Å². The molecule has 0 spiro atoms. The molecule has 16 heavy (non-hydrogen) atoms. The molecule has 1 rings (SSSR count). The van der Waals surface area contributed by atoms with Gasteiger partial charge in [0.05, 0.1) is 0 Å². The molecule has 0 aromatic heterocycles. The first kappa shape index (κ1) is 13.2. The average molecular weight is 243 g/mol. The summed E-state index contributed by atoms with van der Waals surface area (Å²) >= 11 is 0. The zero-order valence-electron chi connectivity index (χ0n) is 9.50. The summed E-state index contributed by atoms with van der Waals surface area (Å²) in [5.41, 5.74) is 6.98. The standard InChI is InChI=1S/C11H18NO3P/c1-8(13)16(15,9(2)14)7-10-3-5-11(12)6-4-10/h3-6,8-9,13-14H,7,12H2,1-2H3. The second kappa shape index (κ2) is 5.00. The van der Waals surface area contributed by atoms with Gasteiger partial charge in [0, 0.05) is 11.8 Å². The highest BCUT2D eigenvalue weighted by Gasteiger charge is 2.33. The zero-order valence-corrected chi connectivity index (χ0v) is 10.4. The van der Waals surface area contributed by atoms with Gasteiger partial charge in [-0.05, 0) is 31.5 Å². The summed E-state index contributed by atoms with van der Waals surface area (Å²) in [6.07, 6.45) is 0.183. The third-order valence-corrected chi connectivity index (χ3v) is 6.06. The number of hydrogen-bond donors (Lipinski definition) is 3. The van der Waals surface area contributed by atoms with Crippen LogP contribution in [0.1, 0.15) is 19.4 Å². The number of aliphatic hydroxyl groups is 2. The van der Waals surface area contributed by atoms with Crippen molar-refractivity contribution >= 4 is 12.8 Å². The molecular formula is C11H18NO3P. The van der Waals surface area contributed by atoms with Crippen LogP contribution in [0.15, 0.2) is 24.3 Å². The quantitative estimate of drug-likeness (QED) is 0.556. The van der Waals surface area contributed by atoms with Crippen molar-refractivity contribution < 1.29 is 14.8 Å². The largest absolute Gasteiger partial charge is 0.399 e. The maximum Gasteiger partial charge on any atom is 0.145 e. The lowest BCUT2D eigenvalue weighted by molar-refractivity contribution is 0.227. The predicted molar refractivity (Wildman–Crippen MR) is 65.5 cm³/mol. The molecule has 4 nitrogen and oxygen atoms in total. The molecular weight excluding hydrogens is 225 g/mol. The Morgan fingerprint density at radius 3 is 2.00 bits per heavy atom. The van der Waals surface area contributed by atoms with Crippen LogP contribution in [-0.4, -0.2) is 21.9 Å². The summed E-state index contributed by atoms with van der Waals surface area (Å²) in [5.74, 6) is -2.02. The molecule has 90 valence electrons. The van der Waals surface area contributed by atoms with E-state index in [0.717, 1.165) is 5.56 Å². The van der Waals surface area contributed by atoms with Gasteiger partial charge >= 0.3 is 0 Å². The zero-order chi connectivity index (χ0) is 12.3. The first-order valence-electron chi connectivity index (χ1n) is 5.15. The van der Waals surface area contributed by atoms with Crippen LogP contribution in [0.25, 0.3) is 0 Å². The molecule has 2 atom stereocenters. The van der Waals surface area contributed by atoms with Gasteiger partial charge in [0.1, 0.15) is 18.8 Å². The van der Waals surface area contributed by atoms with Crippen molar-refractivity contribution in [2.24, 2.45) is 0 Å². The maximum atomic E-state index is 12.3. The van der Waals surface area contributed by atoms with Gasteiger partial charge in [0.25, 0.3) is 0 Å². The lowest BCUT2D eigenvalue weighted by Crippen LogP contribution is -2.14. The molecule has 0 aliphatic heterocycles. The fourth-order valence-corrected chi connectivity index (χ4v) is 3.42. The molecule has 0 bridgehead atoms. The molecule has 0 radical (unpaired) electrons. The Morgan fingerprint density at radius 1 is 1.19 bits per heavy atom. The van der Waals surface area contributed by atoms with Crippen LogP contribution in [0.3, 0.4) is 0 Å². The van der Waals surface area contributed by atoms with Gasteiger partial charge in [-0.15, -0.1) is 0 Å². The van der Waals surface area contributed by atoms with Crippen LogP contribution in [0.4, 0.5) is 5.69 Å². The fraction of sp³-hybridized carbons (Fsp3) is 0.455. The number of nitrogen functional groups attached to an aromatic ring is 1. The highest BCUT2D eigenvalue weighted by Crippen LogP contribution is 2.55. The fourth-order valence-electron chi connectivity index (χ4n) is 1.48. The van der Waals surface area contributed by atoms with Crippen molar-refractivity contribution in [2.75, 3.05) is 5.73 Å². The Labute approximate surface area is 95.5 Å². The van der Waals surface area contributed by atoms with Gasteiger partial charge in [-0.25, -0.2) is 0 Å². The molecule has 0 aliphatic rings. The monoisotopic (exact) mass is 243 g/mol. The summed E-state index contributed by atoms with van der Waals surface area (Å²) in [6.45, 7) is 2.90. The Balaban J connectivity index is 2.93. The lowest BCUT2D eigenvalue weighted by Gasteiger charge is -2.24. The van der Waals surface area contributed by atoms with Gasteiger partial charge in [-0.3, -0.25) is 0 Å². The maximum absolute atomic E-state index is 12.3. The Bertz CT molecular complexity index is 375. The van der Waals surface area contributed by atoms with E-state index in [1.165, 1.54) is 13.8 Å². The normalized spacial score (nSPS) is 18.8. The molecule has 0 amide bonds. The van der Waals surface area contributed by atoms with E-state index in [9.17, 15) is 14.8 Å². The van der Waals surface area contributed by atoms with Gasteiger partial charge < -0.3 is 20.5 Å². The topological polar surface area (TPSA) is 83.5 Å². The molecule has 2 unspecified atom stereocenters. The van der Waals surface area contributed by atoms with Crippen LogP contribution in [-0.2, 0) is 10.7 Å². The lowest BCUT2D eigenvalue weighted by atomic mass is 10.2. The SMILES string of the molecule is CC(O)P(=O)(Cc1ccc(N)cc1)C(C)O. The first-order valence-corrected chi connectivity index (χ1v) is 7.18. The Morgan fingerprint density at radius 2 is 1.62 bits per heavy atom. The Kier molecular flexibility index (Phi) is 4.14. The van der Waals surface area contributed by atoms with Crippen LogP contribution in [0.5, 0.6) is 0 Å². The van der Waals surface area contributed by atoms with Gasteiger partial charge in [-0.2, -0.15) is 0 Å². The van der Waals surface area contributed by atoms with Crippen molar-refractivity contribution in [3.05, 3.63) is 29.8 Å². The molecule has 0 fully saturated rings. The summed E-state index contributed by atoms with van der Waals surface area (Å²) < 4.78 is 12.3. The summed E-state index contributed by atoms with van der Waals surface area (Å²) in [4.78, 5) is 0. The highest BCUT2D eigenvalue weighted by atomic mass is 31.2. The third-order valence-electron chi connectivity index (χ3n) is 2.67. The summed E-state index contributed by atoms with van der Waals surface area (Å²) in [7, 11) is -3.03. The van der Waals surface area contributed by atoms with Crippen molar-refractivity contribution in [1.29, 1.82) is 0 Å². The second-order valence-corrected chi connectivity index (χ2v) is 7.54. The number of rotatable bonds is 4. The number of hydrogen-bond acceptors (Lipinski definition) is 4. The predicted octanol–water partition coefficient (Wildman–Crippen LogP) is 1.81. The highest BCUT2D eigenvalue weighted by molar-refractivity contribution is 7.64. The minimum absolute atomic E-state index is 0.183. The van der Waals surface area contributed by atoms with Crippen molar-refractivity contribution in [3.8, 4) is 0 Å². The van der Waals surface area contributed by atoms with E-state index >= 15 is 0 Å². The van der Waals surface area contributed by atoms with E-state index in [-0.39, 0.29) is 6.16 Å². The molecule has 0 saturated carbocycles. The molecule has 1 aromatic rings. The minimum atomic E-state index is -3.03. The minimum Gasteiger partial charge on any atom is -0.399 e. The molecule has 1 aromatic carbocycles. The first-order chi connectivity index (χ1) is 7.36. The van der Waals surface area contributed by atoms with Crippen LogP contribution < -0.4 is 5.73 Å². The number of benzene rings is 1. The van der Waals surface area contributed by atoms with Crippen molar-refractivity contribution in [1.82, 2.24) is 0 Å². The van der Waals surface area contributed by atoms with Gasteiger partial charge in [0.2, 0.25) is 0 Å². The van der Waals surface area contributed by atoms with E-state index < -0.39 is 18.8 Å². The third kappa shape index (κ3) is 2.85. The summed E-state index contributed by atoms with van der Waals surface area (Å²) in [6, 6.07) is 6.94. The molecule has 0 heterocycles. The van der Waals surface area contributed by atoms with Crippen LogP contribution >= 0.6 is 7.14 Å². The van der Waals surface area contributed by atoms with E-state index in [1.54, 1.807) is 24.3 Å². The van der Waals surface area contributed by atoms with E-state index in [2.05, 4.69) is 0 Å². The van der Waals surface area contributed by atoms with E-state index in [1.807, 2.05) is 0 Å². The Hall–Kier alpha value is -0.830.